The molecule has 2 rings (SSSR count). The van der Waals surface area contributed by atoms with E-state index < -0.39 is 5.97 Å². The average molecular weight is 255 g/mol. The summed E-state index contributed by atoms with van der Waals surface area (Å²) in [6.45, 7) is 1.47. The molecular formula is C10H13N3O3S. The molecule has 1 saturated heterocycles. The van der Waals surface area contributed by atoms with Crippen molar-refractivity contribution in [3.63, 3.8) is 0 Å². The predicted molar refractivity (Wildman–Crippen MR) is 61.7 cm³/mol. The van der Waals surface area contributed by atoms with Crippen molar-refractivity contribution in [2.45, 2.75) is 13.0 Å². The van der Waals surface area contributed by atoms with Gasteiger partial charge in [0.15, 0.2) is 0 Å². The third kappa shape index (κ3) is 3.16. The lowest BCUT2D eigenvalue weighted by molar-refractivity contribution is -0.139. The van der Waals surface area contributed by atoms with Crippen molar-refractivity contribution in [2.75, 3.05) is 13.1 Å². The van der Waals surface area contributed by atoms with Gasteiger partial charge in [0.05, 0.1) is 24.2 Å². The summed E-state index contributed by atoms with van der Waals surface area (Å²) in [4.78, 5) is 27.7. The summed E-state index contributed by atoms with van der Waals surface area (Å²) in [5.41, 5.74) is 2.56. The number of likely N-dealkylation sites (tertiary alicyclic amines) is 1. The van der Waals surface area contributed by atoms with E-state index in [9.17, 15) is 9.59 Å². The molecule has 0 radical (unpaired) electrons. The van der Waals surface area contributed by atoms with Crippen LogP contribution in [0.25, 0.3) is 0 Å². The third-order valence-electron chi connectivity index (χ3n) is 2.61. The van der Waals surface area contributed by atoms with Crippen molar-refractivity contribution in [2.24, 2.45) is 5.92 Å². The number of nitrogens with zero attached hydrogens (tertiary/aromatic N) is 2. The third-order valence-corrected chi connectivity index (χ3v) is 3.25. The van der Waals surface area contributed by atoms with E-state index in [1.807, 2.05) is 5.38 Å². The smallest absolute Gasteiger partial charge is 0.317 e. The standard InChI is InChI=1S/C10H13N3O3S/c14-9(15)1-7-3-13(4-7)10(16)11-2-8-5-17-6-12-8/h5-7H,1-4H2,(H,11,16)(H,14,15). The number of hydrogen-bond acceptors (Lipinski definition) is 4. The highest BCUT2D eigenvalue weighted by Gasteiger charge is 2.31. The van der Waals surface area contributed by atoms with E-state index in [0.29, 0.717) is 19.6 Å². The number of aromatic nitrogens is 1. The maximum atomic E-state index is 11.6. The SMILES string of the molecule is O=C(O)CC1CN(C(=O)NCc2cscn2)C1. The quantitative estimate of drug-likeness (QED) is 0.832. The molecule has 0 atom stereocenters. The van der Waals surface area contributed by atoms with Crippen LogP contribution < -0.4 is 5.32 Å². The Morgan fingerprint density at radius 3 is 2.94 bits per heavy atom. The van der Waals surface area contributed by atoms with Crippen LogP contribution in [-0.4, -0.2) is 40.1 Å². The molecule has 1 aliphatic heterocycles. The first kappa shape index (κ1) is 11.8. The van der Waals surface area contributed by atoms with E-state index >= 15 is 0 Å². The normalized spacial score (nSPS) is 15.4. The van der Waals surface area contributed by atoms with E-state index in [0.717, 1.165) is 5.69 Å². The summed E-state index contributed by atoms with van der Waals surface area (Å²) in [7, 11) is 0. The fraction of sp³-hybridized carbons (Fsp3) is 0.500. The van der Waals surface area contributed by atoms with Crippen molar-refractivity contribution >= 4 is 23.3 Å². The van der Waals surface area contributed by atoms with Gasteiger partial charge < -0.3 is 15.3 Å². The summed E-state index contributed by atoms with van der Waals surface area (Å²) >= 11 is 1.49. The summed E-state index contributed by atoms with van der Waals surface area (Å²) in [6.07, 6.45) is 0.135. The molecule has 92 valence electrons. The Bertz CT molecular complexity index is 401. The molecule has 2 heterocycles. The Kier molecular flexibility index (Phi) is 3.58. The summed E-state index contributed by atoms with van der Waals surface area (Å²) in [5, 5.41) is 13.2. The maximum absolute atomic E-state index is 11.6. The number of nitrogens with one attached hydrogen (secondary N) is 1. The number of aliphatic carboxylic acids is 1. The van der Waals surface area contributed by atoms with E-state index in [1.165, 1.54) is 11.3 Å². The van der Waals surface area contributed by atoms with Crippen molar-refractivity contribution in [1.82, 2.24) is 15.2 Å². The van der Waals surface area contributed by atoms with Gasteiger partial charge in [-0.1, -0.05) is 0 Å². The van der Waals surface area contributed by atoms with E-state index in [4.69, 9.17) is 5.11 Å². The average Bonchev–Trinajstić information content (AvgIpc) is 2.71. The minimum Gasteiger partial charge on any atom is -0.481 e. The molecule has 0 unspecified atom stereocenters. The Labute approximate surface area is 102 Å². The van der Waals surface area contributed by atoms with Crippen LogP contribution in [0.5, 0.6) is 0 Å². The number of amides is 2. The van der Waals surface area contributed by atoms with Crippen LogP contribution in [0.2, 0.25) is 0 Å². The second kappa shape index (κ2) is 5.13. The van der Waals surface area contributed by atoms with Gasteiger partial charge in [0.25, 0.3) is 0 Å². The maximum Gasteiger partial charge on any atom is 0.317 e. The van der Waals surface area contributed by atoms with Crippen molar-refractivity contribution < 1.29 is 14.7 Å². The Morgan fingerprint density at radius 2 is 2.35 bits per heavy atom. The molecule has 0 spiro atoms. The van der Waals surface area contributed by atoms with Gasteiger partial charge in [-0.25, -0.2) is 9.78 Å². The number of carbonyl (C=O) groups is 2. The first-order chi connectivity index (χ1) is 8.15. The monoisotopic (exact) mass is 255 g/mol. The number of rotatable bonds is 4. The minimum absolute atomic E-state index is 0.0949. The number of hydrogen-bond donors (Lipinski definition) is 2. The van der Waals surface area contributed by atoms with Gasteiger partial charge in [-0.2, -0.15) is 0 Å². The first-order valence-corrected chi connectivity index (χ1v) is 6.21. The predicted octanol–water partition coefficient (Wildman–Crippen LogP) is 0.759. The van der Waals surface area contributed by atoms with Gasteiger partial charge >= 0.3 is 12.0 Å². The molecule has 17 heavy (non-hydrogen) atoms. The first-order valence-electron chi connectivity index (χ1n) is 5.27. The molecule has 2 N–H and O–H groups in total. The number of carboxylic acid groups (broad SMARTS) is 1. The molecule has 1 aliphatic rings. The van der Waals surface area contributed by atoms with E-state index in [1.54, 1.807) is 10.4 Å². The topological polar surface area (TPSA) is 82.5 Å². The van der Waals surface area contributed by atoms with Gasteiger partial charge in [0.2, 0.25) is 0 Å². The molecule has 1 aromatic heterocycles. The van der Waals surface area contributed by atoms with Crippen LogP contribution in [0, 0.1) is 5.92 Å². The molecule has 0 saturated carbocycles. The fourth-order valence-electron chi connectivity index (χ4n) is 1.71. The fourth-order valence-corrected chi connectivity index (χ4v) is 2.27. The number of carboxylic acids is 1. The summed E-state index contributed by atoms with van der Waals surface area (Å²) in [5.74, 6) is -0.713. The Morgan fingerprint density at radius 1 is 1.59 bits per heavy atom. The lowest BCUT2D eigenvalue weighted by Gasteiger charge is -2.38. The summed E-state index contributed by atoms with van der Waals surface area (Å²) < 4.78 is 0. The molecule has 2 amide bonds. The van der Waals surface area contributed by atoms with Gasteiger partial charge in [-0.15, -0.1) is 11.3 Å². The largest absolute Gasteiger partial charge is 0.481 e. The number of thiazole rings is 1. The highest BCUT2D eigenvalue weighted by Crippen LogP contribution is 2.18. The van der Waals surface area contributed by atoms with Gasteiger partial charge in [-0.05, 0) is 0 Å². The van der Waals surface area contributed by atoms with Gasteiger partial charge in [0.1, 0.15) is 0 Å². The van der Waals surface area contributed by atoms with Gasteiger partial charge in [0, 0.05) is 24.4 Å². The molecule has 0 aromatic carbocycles. The molecule has 1 fully saturated rings. The second-order valence-corrected chi connectivity index (χ2v) is 4.73. The highest BCUT2D eigenvalue weighted by molar-refractivity contribution is 7.07. The van der Waals surface area contributed by atoms with Crippen LogP contribution >= 0.6 is 11.3 Å². The molecule has 0 aliphatic carbocycles. The second-order valence-electron chi connectivity index (χ2n) is 4.01. The molecule has 0 bridgehead atoms. The minimum atomic E-state index is -0.808. The van der Waals surface area contributed by atoms with Crippen molar-refractivity contribution in [1.29, 1.82) is 0 Å². The van der Waals surface area contributed by atoms with Crippen LogP contribution in [0.4, 0.5) is 4.79 Å². The summed E-state index contributed by atoms with van der Waals surface area (Å²) in [6, 6.07) is -0.153. The molecule has 6 nitrogen and oxygen atoms in total. The van der Waals surface area contributed by atoms with Crippen molar-refractivity contribution in [3.8, 4) is 0 Å². The van der Waals surface area contributed by atoms with Crippen LogP contribution in [0.3, 0.4) is 0 Å². The molecule has 1 aromatic rings. The van der Waals surface area contributed by atoms with E-state index in [-0.39, 0.29) is 18.4 Å². The molecular weight excluding hydrogens is 242 g/mol. The van der Waals surface area contributed by atoms with Crippen LogP contribution in [0.15, 0.2) is 10.9 Å². The van der Waals surface area contributed by atoms with Crippen LogP contribution in [-0.2, 0) is 11.3 Å². The zero-order chi connectivity index (χ0) is 12.3. The number of urea groups is 1. The highest BCUT2D eigenvalue weighted by atomic mass is 32.1. The molecule has 7 heteroatoms. The number of carbonyl (C=O) groups excluding carboxylic acids is 1. The Hall–Kier alpha value is -1.63. The van der Waals surface area contributed by atoms with Crippen LogP contribution in [0.1, 0.15) is 12.1 Å². The zero-order valence-corrected chi connectivity index (χ0v) is 9.94. The Balaban J connectivity index is 1.67. The van der Waals surface area contributed by atoms with Gasteiger partial charge in [-0.3, -0.25) is 4.79 Å². The van der Waals surface area contributed by atoms with E-state index in [2.05, 4.69) is 10.3 Å². The lowest BCUT2D eigenvalue weighted by Crippen LogP contribution is -2.54. The lowest BCUT2D eigenvalue weighted by atomic mass is 9.97. The van der Waals surface area contributed by atoms with Crippen molar-refractivity contribution in [3.05, 3.63) is 16.6 Å². The zero-order valence-electron chi connectivity index (χ0n) is 9.13.